The van der Waals surface area contributed by atoms with Gasteiger partial charge in [-0.3, -0.25) is 4.79 Å². The maximum atomic E-state index is 12.5. The van der Waals surface area contributed by atoms with Crippen LogP contribution in [0.1, 0.15) is 35.3 Å². The molecule has 0 heterocycles. The first-order valence-corrected chi connectivity index (χ1v) is 10.7. The molecule has 0 aliphatic heterocycles. The molecule has 0 spiro atoms. The molecule has 0 aromatic heterocycles. The number of amides is 1. The van der Waals surface area contributed by atoms with Gasteiger partial charge in [0.1, 0.15) is 12.4 Å². The Morgan fingerprint density at radius 2 is 1.69 bits per heavy atom. The average Bonchev–Trinajstić information content (AvgIpc) is 2.80. The molecule has 7 heteroatoms. The van der Waals surface area contributed by atoms with Gasteiger partial charge in [-0.25, -0.2) is 5.43 Å². The summed E-state index contributed by atoms with van der Waals surface area (Å²) in [5.74, 6) is 1.40. The third-order valence-electron chi connectivity index (χ3n) is 4.38. The van der Waals surface area contributed by atoms with E-state index in [9.17, 15) is 4.79 Å². The molecule has 0 aliphatic rings. The van der Waals surface area contributed by atoms with Crippen molar-refractivity contribution in [3.05, 3.63) is 88.4 Å². The zero-order valence-corrected chi connectivity index (χ0v) is 18.8. The van der Waals surface area contributed by atoms with Crippen molar-refractivity contribution in [1.29, 1.82) is 0 Å². The summed E-state index contributed by atoms with van der Waals surface area (Å²) in [6.07, 6.45) is 1.54. The minimum atomic E-state index is -0.359. The average molecular weight is 453 g/mol. The molecule has 3 aromatic carbocycles. The predicted octanol–water partition coefficient (Wildman–Crippen LogP) is 5.48. The number of nitrogens with one attached hydrogen (secondary N) is 1. The number of hydrazone groups is 1. The summed E-state index contributed by atoms with van der Waals surface area (Å²) in [5.41, 5.74) is 4.64. The molecule has 1 amide bonds. The van der Waals surface area contributed by atoms with Gasteiger partial charge in [0.2, 0.25) is 0 Å². The van der Waals surface area contributed by atoms with E-state index in [0.29, 0.717) is 47.7 Å². The highest BCUT2D eigenvalue weighted by atomic mass is 35.5. The van der Waals surface area contributed by atoms with E-state index in [1.54, 1.807) is 24.4 Å². The van der Waals surface area contributed by atoms with Gasteiger partial charge in [0.15, 0.2) is 11.5 Å². The quantitative estimate of drug-likeness (QED) is 0.326. The standard InChI is InChI=1S/C25H25ClN2O4/c1-3-30-23-13-12-19(15-24(23)31-4-2)25(29)28-27-16-20-9-5-6-11-22(20)32-17-18-8-7-10-21(26)14-18/h5-16H,3-4,17H2,1-2H3,(H,28,29)/b27-16+. The molecule has 3 rings (SSSR count). The molecule has 6 nitrogen and oxygen atoms in total. The predicted molar refractivity (Wildman–Crippen MR) is 126 cm³/mol. The molecule has 0 bridgehead atoms. The van der Waals surface area contributed by atoms with Crippen molar-refractivity contribution >= 4 is 23.7 Å². The first-order chi connectivity index (χ1) is 15.6. The van der Waals surface area contributed by atoms with Crippen LogP contribution in [-0.2, 0) is 6.61 Å². The summed E-state index contributed by atoms with van der Waals surface area (Å²) in [7, 11) is 0. The second kappa shape index (κ2) is 11.8. The second-order valence-corrected chi connectivity index (χ2v) is 7.12. The van der Waals surface area contributed by atoms with Gasteiger partial charge in [-0.05, 0) is 61.9 Å². The zero-order valence-electron chi connectivity index (χ0n) is 18.0. The van der Waals surface area contributed by atoms with Gasteiger partial charge in [-0.2, -0.15) is 5.10 Å². The Balaban J connectivity index is 1.65. The van der Waals surface area contributed by atoms with Crippen molar-refractivity contribution in [3.63, 3.8) is 0 Å². The lowest BCUT2D eigenvalue weighted by Crippen LogP contribution is -2.18. The van der Waals surface area contributed by atoms with Crippen LogP contribution in [0.25, 0.3) is 0 Å². The molecule has 0 saturated heterocycles. The molecule has 166 valence electrons. The minimum Gasteiger partial charge on any atom is -0.490 e. The molecular weight excluding hydrogens is 428 g/mol. The number of ether oxygens (including phenoxy) is 3. The van der Waals surface area contributed by atoms with Gasteiger partial charge in [-0.15, -0.1) is 0 Å². The van der Waals surface area contributed by atoms with Crippen LogP contribution in [0, 0.1) is 0 Å². The fraction of sp³-hybridized carbons (Fsp3) is 0.200. The number of rotatable bonds is 10. The lowest BCUT2D eigenvalue weighted by Gasteiger charge is -2.12. The number of benzene rings is 3. The van der Waals surface area contributed by atoms with Crippen molar-refractivity contribution < 1.29 is 19.0 Å². The van der Waals surface area contributed by atoms with Crippen molar-refractivity contribution in [2.45, 2.75) is 20.5 Å². The molecule has 0 unspecified atom stereocenters. The van der Waals surface area contributed by atoms with Crippen molar-refractivity contribution in [2.24, 2.45) is 5.10 Å². The van der Waals surface area contributed by atoms with Crippen LogP contribution in [0.3, 0.4) is 0 Å². The first-order valence-electron chi connectivity index (χ1n) is 10.3. The Bertz CT molecular complexity index is 1090. The maximum Gasteiger partial charge on any atom is 0.271 e. The van der Waals surface area contributed by atoms with Crippen LogP contribution in [0.2, 0.25) is 5.02 Å². The van der Waals surface area contributed by atoms with Gasteiger partial charge >= 0.3 is 0 Å². The summed E-state index contributed by atoms with van der Waals surface area (Å²) in [6.45, 7) is 5.11. The molecule has 0 saturated carbocycles. The second-order valence-electron chi connectivity index (χ2n) is 6.68. The number of hydrogen-bond donors (Lipinski definition) is 1. The third kappa shape index (κ3) is 6.49. The van der Waals surface area contributed by atoms with Crippen LogP contribution in [0.4, 0.5) is 0 Å². The van der Waals surface area contributed by atoms with Crippen molar-refractivity contribution in [1.82, 2.24) is 5.43 Å². The van der Waals surface area contributed by atoms with E-state index in [-0.39, 0.29) is 5.91 Å². The van der Waals surface area contributed by atoms with Crippen molar-refractivity contribution in [3.8, 4) is 17.2 Å². The van der Waals surface area contributed by atoms with E-state index >= 15 is 0 Å². The molecule has 0 atom stereocenters. The minimum absolute atomic E-state index is 0.359. The highest BCUT2D eigenvalue weighted by Crippen LogP contribution is 2.28. The molecule has 0 aliphatic carbocycles. The number of halogens is 1. The van der Waals surface area contributed by atoms with E-state index in [1.165, 1.54) is 0 Å². The number of carbonyl (C=O) groups is 1. The van der Waals surface area contributed by atoms with Gasteiger partial charge in [0.25, 0.3) is 5.91 Å². The molecule has 0 fully saturated rings. The van der Waals surface area contributed by atoms with Crippen LogP contribution in [0.5, 0.6) is 17.2 Å². The van der Waals surface area contributed by atoms with Gasteiger partial charge in [-0.1, -0.05) is 35.9 Å². The lowest BCUT2D eigenvalue weighted by molar-refractivity contribution is 0.0954. The summed E-state index contributed by atoms with van der Waals surface area (Å²) < 4.78 is 17.0. The largest absolute Gasteiger partial charge is 0.490 e. The molecular formula is C25H25ClN2O4. The summed E-state index contributed by atoms with van der Waals surface area (Å²) in [4.78, 5) is 12.5. The Morgan fingerprint density at radius 1 is 0.906 bits per heavy atom. The van der Waals surface area contributed by atoms with Crippen LogP contribution >= 0.6 is 11.6 Å². The van der Waals surface area contributed by atoms with Gasteiger partial charge in [0.05, 0.1) is 19.4 Å². The van der Waals surface area contributed by atoms with Crippen LogP contribution in [-0.4, -0.2) is 25.3 Å². The van der Waals surface area contributed by atoms with Crippen molar-refractivity contribution in [2.75, 3.05) is 13.2 Å². The number of nitrogens with zero attached hydrogens (tertiary/aromatic N) is 1. The molecule has 3 aromatic rings. The SMILES string of the molecule is CCOc1ccc(C(=O)N/N=C/c2ccccc2OCc2cccc(Cl)c2)cc1OCC. The fourth-order valence-corrected chi connectivity index (χ4v) is 3.14. The van der Waals surface area contributed by atoms with E-state index < -0.39 is 0 Å². The summed E-state index contributed by atoms with van der Waals surface area (Å²) >= 11 is 6.03. The normalized spacial score (nSPS) is 10.7. The fourth-order valence-electron chi connectivity index (χ4n) is 2.92. The first kappa shape index (κ1) is 23.2. The number of carbonyl (C=O) groups excluding carboxylic acids is 1. The Hall–Kier alpha value is -3.51. The summed E-state index contributed by atoms with van der Waals surface area (Å²) in [6, 6.07) is 19.9. The summed E-state index contributed by atoms with van der Waals surface area (Å²) in [5, 5.41) is 4.74. The lowest BCUT2D eigenvalue weighted by atomic mass is 10.2. The van der Waals surface area contributed by atoms with Gasteiger partial charge in [0, 0.05) is 16.1 Å². The van der Waals surface area contributed by atoms with Crippen LogP contribution in [0.15, 0.2) is 71.8 Å². The topological polar surface area (TPSA) is 69.2 Å². The Labute approximate surface area is 192 Å². The van der Waals surface area contributed by atoms with Gasteiger partial charge < -0.3 is 14.2 Å². The Morgan fingerprint density at radius 3 is 2.47 bits per heavy atom. The third-order valence-corrected chi connectivity index (χ3v) is 4.61. The Kier molecular flexibility index (Phi) is 8.52. The van der Waals surface area contributed by atoms with E-state index in [2.05, 4.69) is 10.5 Å². The number of para-hydroxylation sites is 1. The highest BCUT2D eigenvalue weighted by molar-refractivity contribution is 6.30. The zero-order chi connectivity index (χ0) is 22.8. The maximum absolute atomic E-state index is 12.5. The monoisotopic (exact) mass is 452 g/mol. The molecule has 1 N–H and O–H groups in total. The molecule has 32 heavy (non-hydrogen) atoms. The van der Waals surface area contributed by atoms with E-state index in [4.69, 9.17) is 25.8 Å². The van der Waals surface area contributed by atoms with E-state index in [1.807, 2.05) is 62.4 Å². The smallest absolute Gasteiger partial charge is 0.271 e. The van der Waals surface area contributed by atoms with Crippen LogP contribution < -0.4 is 19.6 Å². The molecule has 0 radical (unpaired) electrons. The highest BCUT2D eigenvalue weighted by Gasteiger charge is 2.11. The number of hydrogen-bond acceptors (Lipinski definition) is 5. The van der Waals surface area contributed by atoms with E-state index in [0.717, 1.165) is 11.1 Å².